The molecular formula is C26H53IO5. The van der Waals surface area contributed by atoms with Crippen LogP contribution in [-0.2, 0) is 23.7 Å². The number of halogens is 1. The number of hydrogen-bond donors (Lipinski definition) is 0. The lowest BCUT2D eigenvalue weighted by molar-refractivity contribution is -0.0114. The van der Waals surface area contributed by atoms with Crippen LogP contribution < -0.4 is 0 Å². The summed E-state index contributed by atoms with van der Waals surface area (Å²) in [6.45, 7) is 9.06. The molecule has 0 spiro atoms. The maximum atomic E-state index is 5.63. The van der Waals surface area contributed by atoms with Crippen molar-refractivity contribution in [1.29, 1.82) is 0 Å². The van der Waals surface area contributed by atoms with E-state index in [1.165, 1.54) is 87.9 Å². The van der Waals surface area contributed by atoms with Gasteiger partial charge in [-0.15, -0.1) is 0 Å². The minimum absolute atomic E-state index is 0.606. The van der Waals surface area contributed by atoms with E-state index in [1.54, 1.807) is 0 Å². The summed E-state index contributed by atoms with van der Waals surface area (Å²) in [6, 6.07) is 0. The average Bonchev–Trinajstić information content (AvgIpc) is 2.81. The quantitative estimate of drug-likeness (QED) is 0.0550. The van der Waals surface area contributed by atoms with Crippen LogP contribution in [0.5, 0.6) is 0 Å². The van der Waals surface area contributed by atoms with Crippen LogP contribution in [-0.4, -0.2) is 70.5 Å². The maximum Gasteiger partial charge on any atom is 0.0701 e. The highest BCUT2D eigenvalue weighted by molar-refractivity contribution is 14.1. The number of rotatable bonds is 29. The Balaban J connectivity index is 2.98. The second-order valence-corrected chi connectivity index (χ2v) is 9.43. The van der Waals surface area contributed by atoms with Crippen molar-refractivity contribution < 1.29 is 23.7 Å². The van der Waals surface area contributed by atoms with Crippen molar-refractivity contribution in [2.24, 2.45) is 0 Å². The molecule has 0 atom stereocenters. The molecule has 0 aromatic rings. The van der Waals surface area contributed by atoms with Crippen LogP contribution in [0.15, 0.2) is 0 Å². The van der Waals surface area contributed by atoms with E-state index in [-0.39, 0.29) is 0 Å². The summed E-state index contributed by atoms with van der Waals surface area (Å²) < 4.78 is 29.0. The first-order valence-corrected chi connectivity index (χ1v) is 14.9. The summed E-state index contributed by atoms with van der Waals surface area (Å²) in [7, 11) is 0. The fourth-order valence-electron chi connectivity index (χ4n) is 3.33. The standard InChI is InChI=1S/C26H53IO5/c1-2-3-4-5-6-7-8-9-11-14-17-28-19-21-30-23-25-32-26-24-31-22-20-29-18-15-12-10-13-16-27/h2-26H2,1H3. The molecule has 0 aromatic heterocycles. The fraction of sp³-hybridized carbons (Fsp3) is 1.00. The molecule has 0 amide bonds. The van der Waals surface area contributed by atoms with Crippen molar-refractivity contribution in [2.45, 2.75) is 96.8 Å². The van der Waals surface area contributed by atoms with Gasteiger partial charge in [-0.05, 0) is 23.7 Å². The van der Waals surface area contributed by atoms with Gasteiger partial charge in [0, 0.05) is 13.2 Å². The van der Waals surface area contributed by atoms with Crippen molar-refractivity contribution in [2.75, 3.05) is 70.5 Å². The third kappa shape index (κ3) is 30.5. The van der Waals surface area contributed by atoms with E-state index < -0.39 is 0 Å². The van der Waals surface area contributed by atoms with Gasteiger partial charge in [0.1, 0.15) is 0 Å². The smallest absolute Gasteiger partial charge is 0.0701 e. The van der Waals surface area contributed by atoms with Gasteiger partial charge in [-0.3, -0.25) is 0 Å². The van der Waals surface area contributed by atoms with E-state index in [1.807, 2.05) is 0 Å². The van der Waals surface area contributed by atoms with E-state index in [9.17, 15) is 0 Å². The van der Waals surface area contributed by atoms with E-state index in [0.717, 1.165) is 19.6 Å². The van der Waals surface area contributed by atoms with Crippen molar-refractivity contribution in [3.63, 3.8) is 0 Å². The minimum Gasteiger partial charge on any atom is -0.379 e. The third-order valence-corrected chi connectivity index (χ3v) is 6.07. The lowest BCUT2D eigenvalue weighted by Gasteiger charge is -2.08. The molecule has 5 nitrogen and oxygen atoms in total. The Morgan fingerprint density at radius 3 is 0.969 bits per heavy atom. The van der Waals surface area contributed by atoms with Crippen LogP contribution in [0, 0.1) is 0 Å². The lowest BCUT2D eigenvalue weighted by atomic mass is 10.1. The van der Waals surface area contributed by atoms with Crippen molar-refractivity contribution in [1.82, 2.24) is 0 Å². The SMILES string of the molecule is CCCCCCCCCCCCOCCOCCOCCOCCOCCCCCCI. The molecule has 0 fully saturated rings. The molecule has 0 saturated carbocycles. The first-order valence-electron chi connectivity index (χ1n) is 13.4. The molecule has 0 aliphatic heterocycles. The Morgan fingerprint density at radius 2 is 0.625 bits per heavy atom. The third-order valence-electron chi connectivity index (χ3n) is 5.30. The Hall–Kier alpha value is 0.530. The van der Waals surface area contributed by atoms with Gasteiger partial charge in [0.05, 0.1) is 52.9 Å². The predicted molar refractivity (Wildman–Crippen MR) is 143 cm³/mol. The Labute approximate surface area is 213 Å². The molecule has 6 heteroatoms. The van der Waals surface area contributed by atoms with E-state index in [4.69, 9.17) is 23.7 Å². The first kappa shape index (κ1) is 32.5. The minimum atomic E-state index is 0.606. The Bertz CT molecular complexity index is 291. The van der Waals surface area contributed by atoms with Gasteiger partial charge >= 0.3 is 0 Å². The largest absolute Gasteiger partial charge is 0.379 e. The average molecular weight is 573 g/mol. The number of hydrogen-bond acceptors (Lipinski definition) is 5. The summed E-state index contributed by atoms with van der Waals surface area (Å²) >= 11 is 2.43. The molecule has 0 aromatic carbocycles. The van der Waals surface area contributed by atoms with Crippen molar-refractivity contribution >= 4 is 22.6 Å². The Morgan fingerprint density at radius 1 is 0.344 bits per heavy atom. The lowest BCUT2D eigenvalue weighted by Crippen LogP contribution is -2.13. The number of ether oxygens (including phenoxy) is 5. The van der Waals surface area contributed by atoms with Crippen LogP contribution in [0.3, 0.4) is 0 Å². The second-order valence-electron chi connectivity index (χ2n) is 8.35. The van der Waals surface area contributed by atoms with Crippen LogP contribution in [0.25, 0.3) is 0 Å². The molecule has 0 rings (SSSR count). The van der Waals surface area contributed by atoms with Crippen molar-refractivity contribution in [3.8, 4) is 0 Å². The normalized spacial score (nSPS) is 11.4. The highest BCUT2D eigenvalue weighted by Crippen LogP contribution is 2.10. The fourth-order valence-corrected chi connectivity index (χ4v) is 3.86. The van der Waals surface area contributed by atoms with Gasteiger partial charge in [0.2, 0.25) is 0 Å². The van der Waals surface area contributed by atoms with Crippen LogP contribution in [0.4, 0.5) is 0 Å². The highest BCUT2D eigenvalue weighted by Gasteiger charge is 1.95. The number of unbranched alkanes of at least 4 members (excludes halogenated alkanes) is 12. The molecule has 194 valence electrons. The van der Waals surface area contributed by atoms with E-state index >= 15 is 0 Å². The van der Waals surface area contributed by atoms with Crippen LogP contribution in [0.1, 0.15) is 96.8 Å². The van der Waals surface area contributed by atoms with E-state index in [0.29, 0.717) is 52.9 Å². The summed E-state index contributed by atoms with van der Waals surface area (Å²) in [5, 5.41) is 0. The summed E-state index contributed by atoms with van der Waals surface area (Å²) in [5.41, 5.74) is 0. The maximum absolute atomic E-state index is 5.63. The molecule has 0 bridgehead atoms. The molecule has 0 aliphatic rings. The van der Waals surface area contributed by atoms with Crippen LogP contribution in [0.2, 0.25) is 0 Å². The molecule has 32 heavy (non-hydrogen) atoms. The summed E-state index contributed by atoms with van der Waals surface area (Å²) in [5.74, 6) is 0. The van der Waals surface area contributed by atoms with E-state index in [2.05, 4.69) is 29.5 Å². The van der Waals surface area contributed by atoms with Gasteiger partial charge in [0.15, 0.2) is 0 Å². The monoisotopic (exact) mass is 572 g/mol. The van der Waals surface area contributed by atoms with Crippen LogP contribution >= 0.6 is 22.6 Å². The van der Waals surface area contributed by atoms with Gasteiger partial charge in [-0.1, -0.05) is 100 Å². The Kier molecular flexibility index (Phi) is 32.1. The van der Waals surface area contributed by atoms with Crippen molar-refractivity contribution in [3.05, 3.63) is 0 Å². The van der Waals surface area contributed by atoms with Gasteiger partial charge in [-0.2, -0.15) is 0 Å². The number of alkyl halides is 1. The first-order chi connectivity index (χ1) is 15.9. The molecule has 0 radical (unpaired) electrons. The second kappa shape index (κ2) is 31.5. The molecule has 0 saturated heterocycles. The molecule has 0 unspecified atom stereocenters. The van der Waals surface area contributed by atoms with Gasteiger partial charge in [-0.25, -0.2) is 0 Å². The van der Waals surface area contributed by atoms with Gasteiger partial charge < -0.3 is 23.7 Å². The molecule has 0 aliphatic carbocycles. The zero-order valence-electron chi connectivity index (χ0n) is 21.1. The summed E-state index contributed by atoms with van der Waals surface area (Å²) in [6.07, 6.45) is 18.6. The molecular weight excluding hydrogens is 519 g/mol. The highest BCUT2D eigenvalue weighted by atomic mass is 127. The molecule has 0 N–H and O–H groups in total. The molecule has 0 heterocycles. The van der Waals surface area contributed by atoms with Gasteiger partial charge in [0.25, 0.3) is 0 Å². The zero-order valence-corrected chi connectivity index (χ0v) is 23.3. The topological polar surface area (TPSA) is 46.2 Å². The summed E-state index contributed by atoms with van der Waals surface area (Å²) in [4.78, 5) is 0. The zero-order chi connectivity index (χ0) is 23.2. The predicted octanol–water partition coefficient (Wildman–Crippen LogP) is 6.99.